The lowest BCUT2D eigenvalue weighted by atomic mass is 9.95. The van der Waals surface area contributed by atoms with Gasteiger partial charge < -0.3 is 9.15 Å². The van der Waals surface area contributed by atoms with Crippen molar-refractivity contribution in [1.29, 1.82) is 0 Å². The maximum Gasteiger partial charge on any atom is 0.195 e. The molecule has 0 amide bonds. The molecule has 2 aromatic heterocycles. The zero-order valence-electron chi connectivity index (χ0n) is 12.1. The Morgan fingerprint density at radius 3 is 2.80 bits per heavy atom. The third-order valence-corrected chi connectivity index (χ3v) is 3.93. The van der Waals surface area contributed by atoms with Gasteiger partial charge in [-0.05, 0) is 31.4 Å². The molecule has 0 spiro atoms. The summed E-state index contributed by atoms with van der Waals surface area (Å²) in [6.07, 6.45) is 7.90. The third-order valence-electron chi connectivity index (χ3n) is 3.93. The molecule has 1 aliphatic rings. The molecule has 2 aromatic rings. The van der Waals surface area contributed by atoms with Gasteiger partial charge in [0.15, 0.2) is 17.4 Å². The highest BCUT2D eigenvalue weighted by Gasteiger charge is 2.24. The maximum atomic E-state index is 5.61. The molecule has 0 aliphatic heterocycles. The largest absolute Gasteiger partial charge is 0.461 e. The molecular formula is C15H21N3O2. The van der Waals surface area contributed by atoms with Crippen LogP contribution < -0.4 is 0 Å². The summed E-state index contributed by atoms with van der Waals surface area (Å²) in [5, 5.41) is 4.64. The van der Waals surface area contributed by atoms with Gasteiger partial charge in [-0.3, -0.25) is 0 Å². The molecule has 3 rings (SSSR count). The molecule has 1 aliphatic carbocycles. The first-order valence-electron chi connectivity index (χ1n) is 7.28. The van der Waals surface area contributed by atoms with E-state index in [9.17, 15) is 0 Å². The molecule has 0 unspecified atom stereocenters. The average molecular weight is 275 g/mol. The van der Waals surface area contributed by atoms with E-state index in [1.54, 1.807) is 13.4 Å². The van der Waals surface area contributed by atoms with Gasteiger partial charge in [-0.2, -0.15) is 5.10 Å². The first-order chi connectivity index (χ1) is 9.79. The number of nitrogens with zero attached hydrogens (tertiary/aromatic N) is 3. The van der Waals surface area contributed by atoms with Crippen molar-refractivity contribution in [1.82, 2.24) is 14.8 Å². The summed E-state index contributed by atoms with van der Waals surface area (Å²) in [5.41, 5.74) is 1.10. The summed E-state index contributed by atoms with van der Waals surface area (Å²) >= 11 is 0. The van der Waals surface area contributed by atoms with E-state index in [4.69, 9.17) is 9.15 Å². The van der Waals surface area contributed by atoms with E-state index >= 15 is 0 Å². The number of furan rings is 1. The van der Waals surface area contributed by atoms with Crippen LogP contribution in [0.2, 0.25) is 0 Å². The predicted octanol–water partition coefficient (Wildman–Crippen LogP) is 3.50. The lowest BCUT2D eigenvalue weighted by Gasteiger charge is -2.22. The topological polar surface area (TPSA) is 53.1 Å². The monoisotopic (exact) mass is 275 g/mol. The number of ether oxygens (including phenoxy) is 1. The molecule has 5 nitrogen and oxygen atoms in total. The van der Waals surface area contributed by atoms with Crippen molar-refractivity contribution in [3.8, 4) is 11.6 Å². The second-order valence-corrected chi connectivity index (χ2v) is 5.45. The van der Waals surface area contributed by atoms with Crippen molar-refractivity contribution < 1.29 is 9.15 Å². The number of aromatic nitrogens is 3. The minimum absolute atomic E-state index is 0.432. The number of hydrogen-bond acceptors (Lipinski definition) is 4. The van der Waals surface area contributed by atoms with Crippen molar-refractivity contribution in [2.24, 2.45) is 0 Å². The van der Waals surface area contributed by atoms with E-state index in [1.165, 1.54) is 32.1 Å². The minimum atomic E-state index is 0.432. The second-order valence-electron chi connectivity index (χ2n) is 5.45. The second kappa shape index (κ2) is 5.79. The molecular weight excluding hydrogens is 254 g/mol. The third kappa shape index (κ3) is 2.50. The molecule has 0 atom stereocenters. The highest BCUT2D eigenvalue weighted by molar-refractivity contribution is 5.52. The van der Waals surface area contributed by atoms with Gasteiger partial charge in [0, 0.05) is 7.11 Å². The Bertz CT molecular complexity index is 567. The first kappa shape index (κ1) is 13.4. The fraction of sp³-hybridized carbons (Fsp3) is 0.600. The van der Waals surface area contributed by atoms with Crippen LogP contribution in [0.15, 0.2) is 16.7 Å². The molecule has 0 aromatic carbocycles. The Kier molecular flexibility index (Phi) is 3.87. The van der Waals surface area contributed by atoms with E-state index in [1.807, 2.05) is 13.0 Å². The molecule has 20 heavy (non-hydrogen) atoms. The Labute approximate surface area is 119 Å². The number of aryl methyl sites for hydroxylation is 1. The van der Waals surface area contributed by atoms with Gasteiger partial charge in [0.05, 0.1) is 12.3 Å². The van der Waals surface area contributed by atoms with Gasteiger partial charge >= 0.3 is 0 Å². The van der Waals surface area contributed by atoms with Crippen LogP contribution in [-0.4, -0.2) is 21.9 Å². The zero-order valence-corrected chi connectivity index (χ0v) is 12.1. The highest BCUT2D eigenvalue weighted by Crippen LogP contribution is 2.32. The van der Waals surface area contributed by atoms with Gasteiger partial charge in [0.25, 0.3) is 0 Å². The van der Waals surface area contributed by atoms with Crippen molar-refractivity contribution in [3.05, 3.63) is 23.7 Å². The van der Waals surface area contributed by atoms with Crippen LogP contribution in [0.3, 0.4) is 0 Å². The van der Waals surface area contributed by atoms with Crippen LogP contribution in [0.1, 0.15) is 49.5 Å². The van der Waals surface area contributed by atoms with Gasteiger partial charge in [-0.1, -0.05) is 19.3 Å². The summed E-state index contributed by atoms with van der Waals surface area (Å²) in [6.45, 7) is 2.47. The summed E-state index contributed by atoms with van der Waals surface area (Å²) in [6, 6.07) is 2.40. The van der Waals surface area contributed by atoms with Crippen LogP contribution in [0.4, 0.5) is 0 Å². The highest BCUT2D eigenvalue weighted by atomic mass is 16.5. The van der Waals surface area contributed by atoms with E-state index in [2.05, 4.69) is 14.8 Å². The van der Waals surface area contributed by atoms with Crippen molar-refractivity contribution in [2.45, 2.75) is 51.7 Å². The molecule has 0 radical (unpaired) electrons. The molecule has 1 fully saturated rings. The Hall–Kier alpha value is -1.62. The molecule has 108 valence electrons. The van der Waals surface area contributed by atoms with Crippen molar-refractivity contribution >= 4 is 0 Å². The Morgan fingerprint density at radius 2 is 2.15 bits per heavy atom. The zero-order chi connectivity index (χ0) is 13.9. The SMILES string of the molecule is COCc1nc(-c2occc2C)n(C2CCCCC2)n1. The van der Waals surface area contributed by atoms with Crippen molar-refractivity contribution in [3.63, 3.8) is 0 Å². The lowest BCUT2D eigenvalue weighted by molar-refractivity contribution is 0.176. The van der Waals surface area contributed by atoms with E-state index in [0.717, 1.165) is 23.0 Å². The minimum Gasteiger partial charge on any atom is -0.461 e. The number of methoxy groups -OCH3 is 1. The van der Waals surface area contributed by atoms with Crippen LogP contribution in [-0.2, 0) is 11.3 Å². The average Bonchev–Trinajstić information content (AvgIpc) is 3.06. The lowest BCUT2D eigenvalue weighted by Crippen LogP contribution is -2.15. The fourth-order valence-corrected chi connectivity index (χ4v) is 2.89. The van der Waals surface area contributed by atoms with Crippen molar-refractivity contribution in [2.75, 3.05) is 7.11 Å². The number of hydrogen-bond donors (Lipinski definition) is 0. The van der Waals surface area contributed by atoms with E-state index in [0.29, 0.717) is 12.6 Å². The van der Waals surface area contributed by atoms with E-state index in [-0.39, 0.29) is 0 Å². The predicted molar refractivity (Wildman–Crippen MR) is 75.3 cm³/mol. The normalized spacial score (nSPS) is 16.7. The van der Waals surface area contributed by atoms with E-state index < -0.39 is 0 Å². The van der Waals surface area contributed by atoms with Crippen LogP contribution >= 0.6 is 0 Å². The van der Waals surface area contributed by atoms with Crippen LogP contribution in [0.5, 0.6) is 0 Å². The Morgan fingerprint density at radius 1 is 1.35 bits per heavy atom. The standard InChI is InChI=1S/C15H21N3O2/c1-11-8-9-20-14(11)15-16-13(10-19-2)17-18(15)12-6-4-3-5-7-12/h8-9,12H,3-7,10H2,1-2H3. The summed E-state index contributed by atoms with van der Waals surface area (Å²) in [4.78, 5) is 4.61. The van der Waals surface area contributed by atoms with Gasteiger partial charge in [-0.25, -0.2) is 9.67 Å². The first-order valence-corrected chi connectivity index (χ1v) is 7.28. The summed E-state index contributed by atoms with van der Waals surface area (Å²) in [7, 11) is 1.67. The smallest absolute Gasteiger partial charge is 0.195 e. The fourth-order valence-electron chi connectivity index (χ4n) is 2.89. The summed E-state index contributed by atoms with van der Waals surface area (Å²) in [5.74, 6) is 2.39. The quantitative estimate of drug-likeness (QED) is 0.857. The van der Waals surface area contributed by atoms with Crippen LogP contribution in [0.25, 0.3) is 11.6 Å². The van der Waals surface area contributed by atoms with Gasteiger partial charge in [0.1, 0.15) is 6.61 Å². The molecule has 1 saturated carbocycles. The van der Waals surface area contributed by atoms with Gasteiger partial charge in [-0.15, -0.1) is 0 Å². The molecule has 0 bridgehead atoms. The van der Waals surface area contributed by atoms with Gasteiger partial charge in [0.2, 0.25) is 0 Å². The maximum absolute atomic E-state index is 5.61. The molecule has 0 saturated heterocycles. The molecule has 0 N–H and O–H groups in total. The number of rotatable bonds is 4. The molecule has 2 heterocycles. The van der Waals surface area contributed by atoms with Crippen LogP contribution in [0, 0.1) is 6.92 Å². The Balaban J connectivity index is 2.00. The molecule has 5 heteroatoms. The summed E-state index contributed by atoms with van der Waals surface area (Å²) < 4.78 is 12.8.